The molecule has 2 aromatic carbocycles. The van der Waals surface area contributed by atoms with Gasteiger partial charge in [-0.15, -0.1) is 0 Å². The van der Waals surface area contributed by atoms with Gasteiger partial charge in [0, 0.05) is 25.4 Å². The maximum atomic E-state index is 12.9. The van der Waals surface area contributed by atoms with Gasteiger partial charge < -0.3 is 20.1 Å². The fourth-order valence-corrected chi connectivity index (χ4v) is 5.30. The fourth-order valence-electron chi connectivity index (χ4n) is 5.30. The first-order valence-electron chi connectivity index (χ1n) is 12.0. The van der Waals surface area contributed by atoms with Crippen molar-refractivity contribution in [1.29, 1.82) is 0 Å². The third kappa shape index (κ3) is 5.41. The van der Waals surface area contributed by atoms with Gasteiger partial charge in [-0.1, -0.05) is 67.8 Å². The molecule has 0 bridgehead atoms. The van der Waals surface area contributed by atoms with Crippen LogP contribution in [0.5, 0.6) is 0 Å². The largest absolute Gasteiger partial charge is 0.480 e. The average molecular weight is 465 g/mol. The van der Waals surface area contributed by atoms with Crippen LogP contribution in [0.4, 0.5) is 4.79 Å². The molecule has 4 rings (SSSR count). The van der Waals surface area contributed by atoms with Gasteiger partial charge in [0.1, 0.15) is 13.2 Å². The summed E-state index contributed by atoms with van der Waals surface area (Å²) >= 11 is 0. The molecule has 2 aliphatic rings. The molecule has 0 aromatic heterocycles. The highest BCUT2D eigenvalue weighted by Gasteiger charge is 2.31. The van der Waals surface area contributed by atoms with Crippen molar-refractivity contribution in [2.75, 3.05) is 20.2 Å². The predicted molar refractivity (Wildman–Crippen MR) is 128 cm³/mol. The number of hydrogen-bond acceptors (Lipinski definition) is 4. The Balaban J connectivity index is 1.42. The van der Waals surface area contributed by atoms with Gasteiger partial charge in [0.05, 0.1) is 0 Å². The second-order valence-corrected chi connectivity index (χ2v) is 9.32. The summed E-state index contributed by atoms with van der Waals surface area (Å²) < 4.78 is 5.70. The summed E-state index contributed by atoms with van der Waals surface area (Å²) in [5, 5.41) is 11.9. The van der Waals surface area contributed by atoms with Gasteiger partial charge in [-0.05, 0) is 41.0 Å². The molecule has 1 saturated carbocycles. The first-order valence-corrected chi connectivity index (χ1v) is 12.0. The molecule has 2 aliphatic carbocycles. The minimum atomic E-state index is -1.06. The van der Waals surface area contributed by atoms with Crippen LogP contribution in [0, 0.1) is 5.92 Å². The van der Waals surface area contributed by atoms with E-state index in [1.165, 1.54) is 23.1 Å². The summed E-state index contributed by atoms with van der Waals surface area (Å²) in [6, 6.07) is 16.0. The molecule has 180 valence electrons. The third-order valence-corrected chi connectivity index (χ3v) is 7.06. The van der Waals surface area contributed by atoms with Crippen LogP contribution < -0.4 is 5.32 Å². The smallest absolute Gasteiger partial charge is 0.407 e. The molecule has 7 nitrogen and oxygen atoms in total. The summed E-state index contributed by atoms with van der Waals surface area (Å²) in [7, 11) is 1.47. The van der Waals surface area contributed by atoms with Crippen LogP contribution >= 0.6 is 0 Å². The van der Waals surface area contributed by atoms with E-state index in [4.69, 9.17) is 9.84 Å². The van der Waals surface area contributed by atoms with Crippen LogP contribution in [0.2, 0.25) is 0 Å². The molecule has 1 unspecified atom stereocenters. The number of fused-ring (bicyclic) bond motifs is 3. The van der Waals surface area contributed by atoms with Gasteiger partial charge in [0.25, 0.3) is 0 Å². The number of alkyl carbamates (subject to hydrolysis) is 1. The highest BCUT2D eigenvalue weighted by Crippen LogP contribution is 2.44. The van der Waals surface area contributed by atoms with Crippen LogP contribution in [0.3, 0.4) is 0 Å². The van der Waals surface area contributed by atoms with Gasteiger partial charge in [0.2, 0.25) is 5.91 Å². The standard InChI is InChI=1S/C27H32N2O5/c1-29(16-26(31)32)25(30)15-24(18-9-3-2-4-10-18)28-27(33)34-17-23-21-13-7-5-11-19(21)20-12-6-8-14-22(20)23/h5-8,11-14,18,23-24H,2-4,9-10,15-17H2,1H3,(H,28,33)(H,31,32). The Morgan fingerprint density at radius 3 is 2.18 bits per heavy atom. The van der Waals surface area contributed by atoms with E-state index in [-0.39, 0.29) is 43.4 Å². The molecule has 34 heavy (non-hydrogen) atoms. The van der Waals surface area contributed by atoms with Gasteiger partial charge >= 0.3 is 12.1 Å². The second kappa shape index (κ2) is 10.7. The number of amides is 2. The van der Waals surface area contributed by atoms with Gasteiger partial charge in [-0.3, -0.25) is 9.59 Å². The molecule has 2 N–H and O–H groups in total. The zero-order valence-corrected chi connectivity index (χ0v) is 19.5. The number of likely N-dealkylation sites (N-methyl/N-ethyl adjacent to an activating group) is 1. The molecule has 2 aromatic rings. The average Bonchev–Trinajstić information content (AvgIpc) is 3.16. The number of carboxylic acids is 1. The van der Waals surface area contributed by atoms with Crippen molar-refractivity contribution in [3.63, 3.8) is 0 Å². The Bertz CT molecular complexity index is 1000. The number of carboxylic acid groups (broad SMARTS) is 1. The van der Waals surface area contributed by atoms with E-state index >= 15 is 0 Å². The van der Waals surface area contributed by atoms with Crippen molar-refractivity contribution < 1.29 is 24.2 Å². The SMILES string of the molecule is CN(CC(=O)O)C(=O)CC(NC(=O)OCC1c2ccccc2-c2ccccc21)C1CCCCC1. The minimum Gasteiger partial charge on any atom is -0.480 e. The lowest BCUT2D eigenvalue weighted by molar-refractivity contribution is -0.143. The number of nitrogens with zero attached hydrogens (tertiary/aromatic N) is 1. The highest BCUT2D eigenvalue weighted by atomic mass is 16.5. The van der Waals surface area contributed by atoms with Crippen molar-refractivity contribution in [3.8, 4) is 11.1 Å². The number of benzene rings is 2. The molecule has 7 heteroatoms. The summed E-state index contributed by atoms with van der Waals surface area (Å²) in [6.45, 7) is -0.148. The summed E-state index contributed by atoms with van der Waals surface area (Å²) in [5.74, 6) is -1.21. The Kier molecular flexibility index (Phi) is 7.50. The minimum absolute atomic E-state index is 0.0328. The van der Waals surface area contributed by atoms with Crippen molar-refractivity contribution in [2.24, 2.45) is 5.92 Å². The molecule has 1 atom stereocenters. The molecule has 0 spiro atoms. The number of carbonyl (C=O) groups is 3. The molecule has 0 heterocycles. The van der Waals surface area contributed by atoms with E-state index in [0.29, 0.717) is 0 Å². The van der Waals surface area contributed by atoms with Crippen molar-refractivity contribution in [3.05, 3.63) is 59.7 Å². The number of ether oxygens (including phenoxy) is 1. The normalized spacial score (nSPS) is 16.3. The molecular formula is C27H32N2O5. The maximum Gasteiger partial charge on any atom is 0.407 e. The number of aliphatic carboxylic acids is 1. The van der Waals surface area contributed by atoms with Crippen LogP contribution in [-0.4, -0.2) is 54.2 Å². The number of rotatable bonds is 8. The van der Waals surface area contributed by atoms with E-state index < -0.39 is 12.1 Å². The lowest BCUT2D eigenvalue weighted by Crippen LogP contribution is -2.45. The van der Waals surface area contributed by atoms with Crippen LogP contribution in [0.1, 0.15) is 55.6 Å². The fraction of sp³-hybridized carbons (Fsp3) is 0.444. The second-order valence-electron chi connectivity index (χ2n) is 9.32. The Morgan fingerprint density at radius 1 is 1.00 bits per heavy atom. The molecule has 0 saturated heterocycles. The van der Waals surface area contributed by atoms with E-state index in [1.54, 1.807) is 0 Å². The summed E-state index contributed by atoms with van der Waals surface area (Å²) in [5.41, 5.74) is 4.62. The molecular weight excluding hydrogens is 432 g/mol. The Morgan fingerprint density at radius 2 is 1.59 bits per heavy atom. The van der Waals surface area contributed by atoms with Crippen molar-refractivity contribution >= 4 is 18.0 Å². The van der Waals surface area contributed by atoms with E-state index in [1.807, 2.05) is 24.3 Å². The zero-order valence-electron chi connectivity index (χ0n) is 19.5. The molecule has 0 radical (unpaired) electrons. The van der Waals surface area contributed by atoms with Crippen LogP contribution in [-0.2, 0) is 14.3 Å². The number of carbonyl (C=O) groups excluding carboxylic acids is 2. The molecule has 2 amide bonds. The predicted octanol–water partition coefficient (Wildman–Crippen LogP) is 4.41. The summed E-state index contributed by atoms with van der Waals surface area (Å²) in [4.78, 5) is 37.7. The lowest BCUT2D eigenvalue weighted by atomic mass is 9.82. The summed E-state index contributed by atoms with van der Waals surface area (Å²) in [6.07, 6.45) is 4.68. The van der Waals surface area contributed by atoms with Gasteiger partial charge in [0.15, 0.2) is 0 Å². The first kappa shape index (κ1) is 23.8. The zero-order chi connectivity index (χ0) is 24.1. The van der Waals surface area contributed by atoms with Crippen molar-refractivity contribution in [1.82, 2.24) is 10.2 Å². The van der Waals surface area contributed by atoms with E-state index in [0.717, 1.165) is 43.2 Å². The van der Waals surface area contributed by atoms with Crippen LogP contribution in [0.15, 0.2) is 48.5 Å². The van der Waals surface area contributed by atoms with Gasteiger partial charge in [-0.25, -0.2) is 4.79 Å². The molecule has 0 aliphatic heterocycles. The highest BCUT2D eigenvalue weighted by molar-refractivity contribution is 5.82. The monoisotopic (exact) mass is 464 g/mol. The maximum absolute atomic E-state index is 12.9. The Hall–Kier alpha value is -3.35. The first-order chi connectivity index (χ1) is 16.4. The molecule has 1 fully saturated rings. The topological polar surface area (TPSA) is 95.9 Å². The van der Waals surface area contributed by atoms with E-state index in [9.17, 15) is 14.4 Å². The Labute approximate surface area is 200 Å². The van der Waals surface area contributed by atoms with Crippen molar-refractivity contribution in [2.45, 2.75) is 50.5 Å². The van der Waals surface area contributed by atoms with Gasteiger partial charge in [-0.2, -0.15) is 0 Å². The number of hydrogen-bond donors (Lipinski definition) is 2. The third-order valence-electron chi connectivity index (χ3n) is 7.06. The van der Waals surface area contributed by atoms with Crippen LogP contribution in [0.25, 0.3) is 11.1 Å². The lowest BCUT2D eigenvalue weighted by Gasteiger charge is -2.31. The number of nitrogens with one attached hydrogen (secondary N) is 1. The quantitative estimate of drug-likeness (QED) is 0.603. The van der Waals surface area contributed by atoms with E-state index in [2.05, 4.69) is 29.6 Å².